The number of nitrogens with zero attached hydrogens (tertiary/aromatic N) is 3. The van der Waals surface area contributed by atoms with Gasteiger partial charge in [0.05, 0.1) is 12.1 Å². The standard InChI is InChI=1S/C21H33F3N6O/c1-20(2,3)28-18(31)14-27-19(25-4)26-13-15-12-16(21(22,23)24)6-7-17(15)30-10-8-29(5)9-11-30/h6-7,12H,8-11,13-14H2,1-5H3,(H,28,31)(H2,25,26,27). The van der Waals surface area contributed by atoms with Crippen LogP contribution >= 0.6 is 0 Å². The molecule has 1 saturated heterocycles. The fourth-order valence-corrected chi connectivity index (χ4v) is 3.29. The number of guanidine groups is 1. The van der Waals surface area contributed by atoms with Gasteiger partial charge in [-0.25, -0.2) is 0 Å². The number of amides is 1. The lowest BCUT2D eigenvalue weighted by molar-refractivity contribution is -0.137. The molecule has 0 aromatic heterocycles. The van der Waals surface area contributed by atoms with Gasteiger partial charge in [0.15, 0.2) is 5.96 Å². The second-order valence-electron chi connectivity index (χ2n) is 8.71. The van der Waals surface area contributed by atoms with Gasteiger partial charge >= 0.3 is 6.18 Å². The van der Waals surface area contributed by atoms with E-state index in [2.05, 4.69) is 30.7 Å². The normalized spacial score (nSPS) is 16.3. The second-order valence-corrected chi connectivity index (χ2v) is 8.71. The highest BCUT2D eigenvalue weighted by Gasteiger charge is 2.31. The summed E-state index contributed by atoms with van der Waals surface area (Å²) in [5.41, 5.74) is 0.260. The van der Waals surface area contributed by atoms with Crippen molar-refractivity contribution in [2.45, 2.75) is 39.0 Å². The number of aliphatic imine (C=N–C) groups is 1. The molecule has 10 heteroatoms. The predicted molar refractivity (Wildman–Crippen MR) is 117 cm³/mol. The molecule has 0 saturated carbocycles. The first-order valence-electron chi connectivity index (χ1n) is 10.3. The number of carbonyl (C=O) groups excluding carboxylic acids is 1. The highest BCUT2D eigenvalue weighted by Crippen LogP contribution is 2.33. The highest BCUT2D eigenvalue weighted by molar-refractivity contribution is 5.86. The lowest BCUT2D eigenvalue weighted by atomic mass is 10.1. The fraction of sp³-hybridized carbons (Fsp3) is 0.619. The average molecular weight is 443 g/mol. The molecule has 0 aliphatic carbocycles. The van der Waals surface area contributed by atoms with E-state index in [9.17, 15) is 18.0 Å². The monoisotopic (exact) mass is 442 g/mol. The molecule has 0 bridgehead atoms. The lowest BCUT2D eigenvalue weighted by Gasteiger charge is -2.35. The molecule has 1 aliphatic heterocycles. The van der Waals surface area contributed by atoms with Crippen molar-refractivity contribution in [1.82, 2.24) is 20.9 Å². The average Bonchev–Trinajstić information content (AvgIpc) is 2.66. The van der Waals surface area contributed by atoms with E-state index in [0.29, 0.717) is 11.5 Å². The summed E-state index contributed by atoms with van der Waals surface area (Å²) < 4.78 is 39.8. The molecule has 7 nitrogen and oxygen atoms in total. The Kier molecular flexibility index (Phi) is 8.16. The van der Waals surface area contributed by atoms with Crippen LogP contribution < -0.4 is 20.9 Å². The summed E-state index contributed by atoms with van der Waals surface area (Å²) >= 11 is 0. The molecule has 1 amide bonds. The minimum absolute atomic E-state index is 0.00481. The van der Waals surface area contributed by atoms with Crippen molar-refractivity contribution in [3.8, 4) is 0 Å². The van der Waals surface area contributed by atoms with E-state index in [4.69, 9.17) is 0 Å². The summed E-state index contributed by atoms with van der Waals surface area (Å²) in [6, 6.07) is 3.85. The van der Waals surface area contributed by atoms with Gasteiger partial charge in [0.2, 0.25) is 5.91 Å². The molecule has 1 aromatic rings. The summed E-state index contributed by atoms with van der Waals surface area (Å²) in [4.78, 5) is 20.4. The summed E-state index contributed by atoms with van der Waals surface area (Å²) in [6.45, 7) is 8.98. The Bertz CT molecular complexity index is 780. The Morgan fingerprint density at radius 1 is 1.10 bits per heavy atom. The molecule has 1 aliphatic rings. The first kappa shape index (κ1) is 24.8. The van der Waals surface area contributed by atoms with Crippen LogP contribution in [0.4, 0.5) is 18.9 Å². The first-order chi connectivity index (χ1) is 14.4. The van der Waals surface area contributed by atoms with Crippen molar-refractivity contribution in [2.24, 2.45) is 4.99 Å². The number of halogens is 3. The summed E-state index contributed by atoms with van der Waals surface area (Å²) in [6.07, 6.45) is -4.42. The van der Waals surface area contributed by atoms with E-state index in [0.717, 1.165) is 37.9 Å². The Hall–Kier alpha value is -2.49. The van der Waals surface area contributed by atoms with E-state index < -0.39 is 11.7 Å². The zero-order valence-electron chi connectivity index (χ0n) is 18.9. The quantitative estimate of drug-likeness (QED) is 0.481. The highest BCUT2D eigenvalue weighted by atomic mass is 19.4. The molecule has 0 unspecified atom stereocenters. The van der Waals surface area contributed by atoms with Crippen LogP contribution in [0.15, 0.2) is 23.2 Å². The molecule has 174 valence electrons. The van der Waals surface area contributed by atoms with E-state index in [1.54, 1.807) is 7.05 Å². The van der Waals surface area contributed by atoms with Gasteiger partial charge in [0, 0.05) is 51.0 Å². The maximum absolute atomic E-state index is 13.3. The molecular formula is C21H33F3N6O. The number of anilines is 1. The second kappa shape index (κ2) is 10.2. The number of hydrogen-bond acceptors (Lipinski definition) is 4. The van der Waals surface area contributed by atoms with E-state index in [1.807, 2.05) is 27.8 Å². The van der Waals surface area contributed by atoms with Crippen molar-refractivity contribution >= 4 is 17.6 Å². The van der Waals surface area contributed by atoms with Crippen LogP contribution in [0.2, 0.25) is 0 Å². The topological polar surface area (TPSA) is 72.0 Å². The number of rotatable bonds is 5. The number of likely N-dealkylation sites (N-methyl/N-ethyl adjacent to an activating group) is 1. The zero-order chi connectivity index (χ0) is 23.2. The number of alkyl halides is 3. The lowest BCUT2D eigenvalue weighted by Crippen LogP contribution is -2.48. The molecule has 3 N–H and O–H groups in total. The zero-order valence-corrected chi connectivity index (χ0v) is 18.9. The Balaban J connectivity index is 2.10. The third-order valence-electron chi connectivity index (χ3n) is 4.85. The van der Waals surface area contributed by atoms with E-state index in [-0.39, 0.29) is 24.5 Å². The molecule has 31 heavy (non-hydrogen) atoms. The molecule has 2 rings (SSSR count). The molecule has 1 aromatic carbocycles. The molecule has 1 heterocycles. The van der Waals surface area contributed by atoms with Crippen LogP contribution in [-0.4, -0.2) is 69.1 Å². The number of hydrogen-bond donors (Lipinski definition) is 3. The molecule has 0 atom stereocenters. The van der Waals surface area contributed by atoms with Gasteiger partial charge in [-0.05, 0) is 51.6 Å². The predicted octanol–water partition coefficient (Wildman–Crippen LogP) is 2.04. The third kappa shape index (κ3) is 7.93. The number of carbonyl (C=O) groups is 1. The molecular weight excluding hydrogens is 409 g/mol. The van der Waals surface area contributed by atoms with Gasteiger partial charge in [0.1, 0.15) is 0 Å². The number of benzene rings is 1. The fourth-order valence-electron chi connectivity index (χ4n) is 3.29. The maximum Gasteiger partial charge on any atom is 0.416 e. The smallest absolute Gasteiger partial charge is 0.369 e. The minimum Gasteiger partial charge on any atom is -0.369 e. The first-order valence-corrected chi connectivity index (χ1v) is 10.3. The maximum atomic E-state index is 13.3. The summed E-state index contributed by atoms with van der Waals surface area (Å²) in [5, 5.41) is 8.75. The van der Waals surface area contributed by atoms with Crippen LogP contribution in [0.5, 0.6) is 0 Å². The van der Waals surface area contributed by atoms with Crippen LogP contribution in [0.1, 0.15) is 31.9 Å². The minimum atomic E-state index is -4.42. The Labute approximate surface area is 182 Å². The third-order valence-corrected chi connectivity index (χ3v) is 4.85. The van der Waals surface area contributed by atoms with Crippen molar-refractivity contribution in [3.05, 3.63) is 29.3 Å². The Morgan fingerprint density at radius 2 is 1.74 bits per heavy atom. The van der Waals surface area contributed by atoms with Crippen LogP contribution in [0.3, 0.4) is 0 Å². The molecule has 1 fully saturated rings. The summed E-state index contributed by atoms with van der Waals surface area (Å²) in [5.74, 6) is 0.137. The van der Waals surface area contributed by atoms with Crippen molar-refractivity contribution < 1.29 is 18.0 Å². The van der Waals surface area contributed by atoms with E-state index >= 15 is 0 Å². The van der Waals surface area contributed by atoms with Crippen LogP contribution in [0, 0.1) is 0 Å². The van der Waals surface area contributed by atoms with Gasteiger partial charge in [-0.1, -0.05) is 0 Å². The van der Waals surface area contributed by atoms with Crippen LogP contribution in [-0.2, 0) is 17.5 Å². The van der Waals surface area contributed by atoms with Gasteiger partial charge < -0.3 is 25.8 Å². The Morgan fingerprint density at radius 3 is 2.29 bits per heavy atom. The van der Waals surface area contributed by atoms with E-state index in [1.165, 1.54) is 12.1 Å². The number of nitrogens with one attached hydrogen (secondary N) is 3. The van der Waals surface area contributed by atoms with Gasteiger partial charge in [0.25, 0.3) is 0 Å². The van der Waals surface area contributed by atoms with Crippen molar-refractivity contribution in [2.75, 3.05) is 51.7 Å². The van der Waals surface area contributed by atoms with Gasteiger partial charge in [-0.2, -0.15) is 13.2 Å². The largest absolute Gasteiger partial charge is 0.416 e. The SMILES string of the molecule is CN=C(NCC(=O)NC(C)(C)C)NCc1cc(C(F)(F)F)ccc1N1CCN(C)CC1. The van der Waals surface area contributed by atoms with Gasteiger partial charge in [-0.3, -0.25) is 9.79 Å². The summed E-state index contributed by atoms with van der Waals surface area (Å²) in [7, 11) is 3.57. The van der Waals surface area contributed by atoms with Gasteiger partial charge in [-0.15, -0.1) is 0 Å². The van der Waals surface area contributed by atoms with Crippen molar-refractivity contribution in [1.29, 1.82) is 0 Å². The number of piperazine rings is 1. The van der Waals surface area contributed by atoms with Crippen molar-refractivity contribution in [3.63, 3.8) is 0 Å². The van der Waals surface area contributed by atoms with Crippen LogP contribution in [0.25, 0.3) is 0 Å². The molecule has 0 spiro atoms. The molecule has 0 radical (unpaired) electrons.